The molecule has 0 saturated heterocycles. The molecule has 0 aliphatic carbocycles. The zero-order valence-corrected chi connectivity index (χ0v) is 24.8. The van der Waals surface area contributed by atoms with Gasteiger partial charge < -0.3 is 36.5 Å². The van der Waals surface area contributed by atoms with Gasteiger partial charge in [0.2, 0.25) is 5.88 Å². The molecule has 1 aromatic heterocycles. The molecule has 0 radical (unpaired) electrons. The minimum atomic E-state index is -3.13. The van der Waals surface area contributed by atoms with Gasteiger partial charge in [-0.15, -0.1) is 0 Å². The second-order valence-corrected chi connectivity index (χ2v) is 10.4. The van der Waals surface area contributed by atoms with Crippen LogP contribution in [0.5, 0.6) is 5.75 Å². The quantitative estimate of drug-likeness (QED) is 0.0955. The van der Waals surface area contributed by atoms with E-state index in [0.29, 0.717) is 42.4 Å². The Bertz CT molecular complexity index is 1400. The Kier molecular flexibility index (Phi) is 12.1. The van der Waals surface area contributed by atoms with E-state index in [4.69, 9.17) is 32.5 Å². The normalized spacial score (nSPS) is 12.9. The topological polar surface area (TPSA) is 111 Å². The second-order valence-electron chi connectivity index (χ2n) is 9.92. The number of nitrogens with two attached hydrogens (primary N) is 2. The average Bonchev–Trinajstić information content (AvgIpc) is 2.94. The Morgan fingerprint density at radius 1 is 1.12 bits per heavy atom. The van der Waals surface area contributed by atoms with Crippen LogP contribution in [0.25, 0.3) is 16.6 Å². The Morgan fingerprint density at radius 2 is 1.90 bits per heavy atom. The first-order chi connectivity index (χ1) is 20.0. The average molecular weight is 607 g/mol. The van der Waals surface area contributed by atoms with Crippen molar-refractivity contribution in [2.75, 3.05) is 51.8 Å². The van der Waals surface area contributed by atoms with Gasteiger partial charge in [-0.05, 0) is 62.5 Å². The molecule has 2 aromatic carbocycles. The molecule has 0 unspecified atom stereocenters. The third-order valence-corrected chi connectivity index (χ3v) is 6.33. The van der Waals surface area contributed by atoms with Gasteiger partial charge in [0, 0.05) is 66.2 Å². The van der Waals surface area contributed by atoms with Crippen molar-refractivity contribution < 1.29 is 22.6 Å². The van der Waals surface area contributed by atoms with Crippen LogP contribution in [-0.2, 0) is 4.74 Å². The number of aromatic nitrogens is 1. The van der Waals surface area contributed by atoms with Crippen molar-refractivity contribution >= 4 is 33.9 Å². The lowest BCUT2D eigenvalue weighted by molar-refractivity contribution is -0.0446. The van der Waals surface area contributed by atoms with Crippen LogP contribution in [0.3, 0.4) is 0 Å². The number of hydrogen-bond donors (Lipinski definition) is 4. The van der Waals surface area contributed by atoms with Crippen LogP contribution in [0, 0.1) is 5.82 Å². The van der Waals surface area contributed by atoms with Crippen LogP contribution >= 0.6 is 11.6 Å². The fraction of sp³-hybridized carbons (Fsp3) is 0.367. The summed E-state index contributed by atoms with van der Waals surface area (Å²) in [5.41, 5.74) is 13.4. The van der Waals surface area contributed by atoms with E-state index in [1.165, 1.54) is 24.3 Å². The summed E-state index contributed by atoms with van der Waals surface area (Å²) in [7, 11) is 2.10. The number of anilines is 1. The smallest absolute Gasteiger partial charge is 0.278 e. The monoisotopic (exact) mass is 606 g/mol. The predicted molar refractivity (Wildman–Crippen MR) is 163 cm³/mol. The summed E-state index contributed by atoms with van der Waals surface area (Å²) in [5, 5.41) is 7.39. The maximum Gasteiger partial charge on any atom is 0.278 e. The molecule has 3 rings (SSSR count). The highest BCUT2D eigenvalue weighted by molar-refractivity contribution is 6.30. The van der Waals surface area contributed by atoms with Gasteiger partial charge in [-0.3, -0.25) is 4.98 Å². The first kappa shape index (κ1) is 32.8. The standard InChI is InChI=1S/C30H38ClF3N6O2/c1-4-13-40(3)14-11-37-12-15-41-21-6-7-22-26(9-10-38-27(22)17-21)39-28(29(36)42-19-30(2,33)34)18-25(35)23-16-20(31)5-8-24(23)32/h5-10,16-18,37H,4,11-15,19,35-36H2,1-3H3,(H,38,39)/b25-18-,29-28-. The molecule has 6 N–H and O–H groups in total. The van der Waals surface area contributed by atoms with E-state index < -0.39 is 18.3 Å². The summed E-state index contributed by atoms with van der Waals surface area (Å²) in [6.45, 7) is 5.97. The highest BCUT2D eigenvalue weighted by atomic mass is 35.5. The van der Waals surface area contributed by atoms with Gasteiger partial charge in [0.1, 0.15) is 23.9 Å². The largest absolute Gasteiger partial charge is 0.492 e. The van der Waals surface area contributed by atoms with E-state index in [9.17, 15) is 13.2 Å². The van der Waals surface area contributed by atoms with E-state index >= 15 is 0 Å². The first-order valence-electron chi connectivity index (χ1n) is 13.6. The summed E-state index contributed by atoms with van der Waals surface area (Å²) in [4.78, 5) is 6.70. The van der Waals surface area contributed by atoms with Crippen LogP contribution in [0.1, 0.15) is 25.8 Å². The van der Waals surface area contributed by atoms with Crippen LogP contribution in [0.2, 0.25) is 5.02 Å². The molecular weight excluding hydrogens is 569 g/mol. The van der Waals surface area contributed by atoms with E-state index in [2.05, 4.69) is 34.5 Å². The molecule has 228 valence electrons. The summed E-state index contributed by atoms with van der Waals surface area (Å²) >= 11 is 6.01. The highest BCUT2D eigenvalue weighted by Crippen LogP contribution is 2.28. The van der Waals surface area contributed by atoms with Gasteiger partial charge in [-0.2, -0.15) is 0 Å². The van der Waals surface area contributed by atoms with Gasteiger partial charge in [-0.25, -0.2) is 13.2 Å². The van der Waals surface area contributed by atoms with Crippen molar-refractivity contribution in [2.24, 2.45) is 11.5 Å². The molecule has 1 heterocycles. The number of alkyl halides is 2. The number of likely N-dealkylation sites (N-methyl/N-ethyl adjacent to an activating group) is 1. The minimum absolute atomic E-state index is 0.0132. The summed E-state index contributed by atoms with van der Waals surface area (Å²) < 4.78 is 52.5. The van der Waals surface area contributed by atoms with E-state index in [-0.39, 0.29) is 27.9 Å². The lowest BCUT2D eigenvalue weighted by Gasteiger charge is -2.17. The third-order valence-electron chi connectivity index (χ3n) is 6.09. The molecule has 0 aliphatic rings. The summed E-state index contributed by atoms with van der Waals surface area (Å²) in [5.74, 6) is -3.47. The molecule has 3 aromatic rings. The molecule has 0 saturated carbocycles. The summed E-state index contributed by atoms with van der Waals surface area (Å²) in [6, 6.07) is 11.0. The SMILES string of the molecule is CCCN(C)CCNCCOc1ccc2c(NC(/C=C(\N)c3cc(Cl)ccc3F)=C(/N)OCC(C)(F)F)ccnc2c1. The van der Waals surface area contributed by atoms with Crippen LogP contribution in [0.15, 0.2) is 66.3 Å². The highest BCUT2D eigenvalue weighted by Gasteiger charge is 2.23. The molecule has 0 fully saturated rings. The Morgan fingerprint density at radius 3 is 2.64 bits per heavy atom. The Hall–Kier alpha value is -3.67. The van der Waals surface area contributed by atoms with E-state index in [1.54, 1.807) is 24.4 Å². The number of pyridine rings is 1. The van der Waals surface area contributed by atoms with Gasteiger partial charge >= 0.3 is 0 Å². The first-order valence-corrected chi connectivity index (χ1v) is 14.0. The number of fused-ring (bicyclic) bond motifs is 1. The van der Waals surface area contributed by atoms with Gasteiger partial charge in [-0.1, -0.05) is 18.5 Å². The molecule has 0 atom stereocenters. The number of benzene rings is 2. The van der Waals surface area contributed by atoms with Crippen molar-refractivity contribution in [3.63, 3.8) is 0 Å². The van der Waals surface area contributed by atoms with Gasteiger partial charge in [0.15, 0.2) is 6.61 Å². The van der Waals surface area contributed by atoms with Crippen molar-refractivity contribution in [2.45, 2.75) is 26.2 Å². The lowest BCUT2D eigenvalue weighted by atomic mass is 10.1. The minimum Gasteiger partial charge on any atom is -0.492 e. The number of ether oxygens (including phenoxy) is 2. The molecule has 8 nitrogen and oxygen atoms in total. The number of allylic oxidation sites excluding steroid dienone is 1. The Labute approximate surface area is 249 Å². The number of nitrogens with one attached hydrogen (secondary N) is 2. The van der Waals surface area contributed by atoms with Gasteiger partial charge in [0.25, 0.3) is 5.92 Å². The fourth-order valence-electron chi connectivity index (χ4n) is 4.00. The Balaban J connectivity index is 1.79. The molecule has 0 amide bonds. The maximum absolute atomic E-state index is 14.5. The molecule has 0 aliphatic heterocycles. The van der Waals surface area contributed by atoms with Crippen LogP contribution < -0.4 is 26.8 Å². The summed E-state index contributed by atoms with van der Waals surface area (Å²) in [6.07, 6.45) is 3.99. The molecule has 0 spiro atoms. The van der Waals surface area contributed by atoms with Crippen molar-refractivity contribution in [3.05, 3.63) is 82.7 Å². The fourth-order valence-corrected chi connectivity index (χ4v) is 4.18. The molecule has 0 bridgehead atoms. The zero-order chi connectivity index (χ0) is 30.7. The van der Waals surface area contributed by atoms with Gasteiger partial charge in [0.05, 0.1) is 5.52 Å². The predicted octanol–water partition coefficient (Wildman–Crippen LogP) is 5.55. The second kappa shape index (κ2) is 15.5. The lowest BCUT2D eigenvalue weighted by Crippen LogP contribution is -2.31. The molecule has 42 heavy (non-hydrogen) atoms. The maximum atomic E-state index is 14.5. The van der Waals surface area contributed by atoms with Crippen molar-refractivity contribution in [1.82, 2.24) is 15.2 Å². The van der Waals surface area contributed by atoms with Crippen LogP contribution in [-0.4, -0.2) is 62.2 Å². The van der Waals surface area contributed by atoms with Crippen molar-refractivity contribution in [3.8, 4) is 5.75 Å². The van der Waals surface area contributed by atoms with Crippen molar-refractivity contribution in [1.29, 1.82) is 0 Å². The zero-order valence-electron chi connectivity index (χ0n) is 24.0. The molecule has 12 heteroatoms. The molecular formula is C30H38ClF3N6O2. The third kappa shape index (κ3) is 10.3. The number of nitrogens with zero attached hydrogens (tertiary/aromatic N) is 2. The number of halogens is 4. The van der Waals surface area contributed by atoms with E-state index in [0.717, 1.165) is 26.1 Å². The van der Waals surface area contributed by atoms with E-state index in [1.807, 2.05) is 6.07 Å². The number of hydrogen-bond acceptors (Lipinski definition) is 8. The number of rotatable bonds is 16. The van der Waals surface area contributed by atoms with Crippen LogP contribution in [0.4, 0.5) is 18.9 Å².